The molecular formula is C19H18BrN3S. The molecular weight excluding hydrogens is 382 g/mol. The van der Waals surface area contributed by atoms with Crippen molar-refractivity contribution < 1.29 is 0 Å². The third kappa shape index (κ3) is 4.30. The third-order valence-electron chi connectivity index (χ3n) is 3.56. The minimum Gasteiger partial charge on any atom is -0.257 e. The first-order chi connectivity index (χ1) is 11.7. The SMILES string of the molecule is Cc1csc(=NCCc2ccccc2)n1N=Cc1ccccc1Br. The van der Waals surface area contributed by atoms with Crippen LogP contribution in [0.1, 0.15) is 16.8 Å². The minimum atomic E-state index is 0.758. The maximum Gasteiger partial charge on any atom is 0.205 e. The van der Waals surface area contributed by atoms with Crippen LogP contribution in [-0.4, -0.2) is 17.4 Å². The van der Waals surface area contributed by atoms with Gasteiger partial charge in [0.15, 0.2) is 0 Å². The molecule has 0 aliphatic heterocycles. The molecule has 122 valence electrons. The number of hydrogen-bond donors (Lipinski definition) is 0. The second-order valence-corrected chi connectivity index (χ2v) is 7.05. The molecule has 0 aliphatic carbocycles. The number of aryl methyl sites for hydroxylation is 1. The van der Waals surface area contributed by atoms with E-state index in [4.69, 9.17) is 4.99 Å². The van der Waals surface area contributed by atoms with Crippen LogP contribution in [-0.2, 0) is 6.42 Å². The van der Waals surface area contributed by atoms with E-state index in [1.165, 1.54) is 5.56 Å². The Hall–Kier alpha value is -1.98. The van der Waals surface area contributed by atoms with Gasteiger partial charge in [-0.1, -0.05) is 64.5 Å². The predicted octanol–water partition coefficient (Wildman–Crippen LogP) is 4.65. The quantitative estimate of drug-likeness (QED) is 0.559. The normalized spacial score (nSPS) is 12.2. The molecule has 0 spiro atoms. The summed E-state index contributed by atoms with van der Waals surface area (Å²) in [6.45, 7) is 2.80. The molecule has 2 aromatic carbocycles. The Morgan fingerprint density at radius 3 is 2.62 bits per heavy atom. The van der Waals surface area contributed by atoms with Crippen molar-refractivity contribution in [2.45, 2.75) is 13.3 Å². The van der Waals surface area contributed by atoms with E-state index >= 15 is 0 Å². The smallest absolute Gasteiger partial charge is 0.205 e. The molecule has 0 unspecified atom stereocenters. The number of benzene rings is 2. The summed E-state index contributed by atoms with van der Waals surface area (Å²) >= 11 is 5.17. The Labute approximate surface area is 154 Å². The second-order valence-electron chi connectivity index (χ2n) is 5.35. The van der Waals surface area contributed by atoms with Gasteiger partial charge in [0.1, 0.15) is 0 Å². The summed E-state index contributed by atoms with van der Waals surface area (Å²) in [5.74, 6) is 0. The molecule has 0 N–H and O–H groups in total. The maximum atomic E-state index is 4.71. The molecule has 1 heterocycles. The van der Waals surface area contributed by atoms with Gasteiger partial charge in [0.2, 0.25) is 4.80 Å². The molecule has 0 aliphatic rings. The fraction of sp³-hybridized carbons (Fsp3) is 0.158. The third-order valence-corrected chi connectivity index (χ3v) is 5.25. The lowest BCUT2D eigenvalue weighted by atomic mass is 10.2. The highest BCUT2D eigenvalue weighted by Gasteiger charge is 2.00. The Bertz CT molecular complexity index is 894. The molecule has 0 saturated carbocycles. The lowest BCUT2D eigenvalue weighted by molar-refractivity contribution is 0.783. The van der Waals surface area contributed by atoms with Crippen molar-refractivity contribution in [2.24, 2.45) is 10.1 Å². The minimum absolute atomic E-state index is 0.758. The van der Waals surface area contributed by atoms with Crippen molar-refractivity contribution in [3.8, 4) is 0 Å². The molecule has 0 bridgehead atoms. The summed E-state index contributed by atoms with van der Waals surface area (Å²) in [6.07, 6.45) is 2.80. The molecule has 0 radical (unpaired) electrons. The van der Waals surface area contributed by atoms with Crippen LogP contribution < -0.4 is 4.80 Å². The van der Waals surface area contributed by atoms with Crippen LogP contribution in [0.3, 0.4) is 0 Å². The van der Waals surface area contributed by atoms with Gasteiger partial charge in [-0.15, -0.1) is 11.3 Å². The predicted molar refractivity (Wildman–Crippen MR) is 105 cm³/mol. The van der Waals surface area contributed by atoms with Crippen molar-refractivity contribution in [2.75, 3.05) is 6.54 Å². The summed E-state index contributed by atoms with van der Waals surface area (Å²) in [4.78, 5) is 5.64. The van der Waals surface area contributed by atoms with Crippen molar-refractivity contribution in [3.05, 3.63) is 86.1 Å². The number of aromatic nitrogens is 1. The van der Waals surface area contributed by atoms with Gasteiger partial charge in [0.05, 0.1) is 11.9 Å². The number of hydrogen-bond acceptors (Lipinski definition) is 3. The standard InChI is InChI=1S/C19H18BrN3S/c1-15-14-24-19(21-12-11-16-7-3-2-4-8-16)23(15)22-13-17-9-5-6-10-18(17)20/h2-10,13-14H,11-12H2,1H3. The van der Waals surface area contributed by atoms with Crippen LogP contribution in [0.5, 0.6) is 0 Å². The molecule has 0 atom stereocenters. The molecule has 0 amide bonds. The lowest BCUT2D eigenvalue weighted by Crippen LogP contribution is -2.13. The van der Waals surface area contributed by atoms with Crippen LogP contribution in [0, 0.1) is 6.92 Å². The van der Waals surface area contributed by atoms with E-state index in [2.05, 4.69) is 50.7 Å². The average molecular weight is 400 g/mol. The van der Waals surface area contributed by atoms with Crippen molar-refractivity contribution >= 4 is 33.5 Å². The Morgan fingerprint density at radius 2 is 1.83 bits per heavy atom. The van der Waals surface area contributed by atoms with E-state index in [0.717, 1.165) is 33.5 Å². The van der Waals surface area contributed by atoms with Crippen LogP contribution >= 0.6 is 27.3 Å². The lowest BCUT2D eigenvalue weighted by Gasteiger charge is -2.00. The van der Waals surface area contributed by atoms with Gasteiger partial charge in [-0.3, -0.25) is 4.99 Å². The van der Waals surface area contributed by atoms with E-state index in [9.17, 15) is 0 Å². The summed E-state index contributed by atoms with van der Waals surface area (Å²) in [5, 5.41) is 6.68. The zero-order valence-corrected chi connectivity index (χ0v) is 15.8. The largest absolute Gasteiger partial charge is 0.257 e. The van der Waals surface area contributed by atoms with Gasteiger partial charge in [0, 0.05) is 22.0 Å². The van der Waals surface area contributed by atoms with E-state index in [1.54, 1.807) is 11.3 Å². The van der Waals surface area contributed by atoms with Gasteiger partial charge in [-0.05, 0) is 25.0 Å². The van der Waals surface area contributed by atoms with Crippen molar-refractivity contribution in [1.82, 2.24) is 4.68 Å². The van der Waals surface area contributed by atoms with E-state index in [0.29, 0.717) is 0 Å². The number of thiazole rings is 1. The fourth-order valence-electron chi connectivity index (χ4n) is 2.26. The first-order valence-corrected chi connectivity index (χ1v) is 9.42. The zero-order valence-electron chi connectivity index (χ0n) is 13.4. The molecule has 1 aromatic heterocycles. The Kier molecular flexibility index (Phi) is 5.77. The second kappa shape index (κ2) is 8.22. The molecule has 0 saturated heterocycles. The van der Waals surface area contributed by atoms with Crippen LogP contribution in [0.4, 0.5) is 0 Å². The average Bonchev–Trinajstić information content (AvgIpc) is 2.95. The van der Waals surface area contributed by atoms with Gasteiger partial charge in [-0.25, -0.2) is 4.68 Å². The first kappa shape index (κ1) is 16.9. The number of rotatable bonds is 5. The molecule has 3 aromatic rings. The van der Waals surface area contributed by atoms with Gasteiger partial charge in [-0.2, -0.15) is 5.10 Å². The van der Waals surface area contributed by atoms with Gasteiger partial charge >= 0.3 is 0 Å². The topological polar surface area (TPSA) is 29.6 Å². The monoisotopic (exact) mass is 399 g/mol. The Morgan fingerprint density at radius 1 is 1.08 bits per heavy atom. The van der Waals surface area contributed by atoms with Crippen molar-refractivity contribution in [1.29, 1.82) is 0 Å². The summed E-state index contributed by atoms with van der Waals surface area (Å²) < 4.78 is 2.93. The fourth-order valence-corrected chi connectivity index (χ4v) is 3.48. The van der Waals surface area contributed by atoms with Crippen molar-refractivity contribution in [3.63, 3.8) is 0 Å². The van der Waals surface area contributed by atoms with Crippen LogP contribution in [0.2, 0.25) is 0 Å². The highest BCUT2D eigenvalue weighted by molar-refractivity contribution is 9.10. The molecule has 3 rings (SSSR count). The molecule has 24 heavy (non-hydrogen) atoms. The summed E-state index contributed by atoms with van der Waals surface area (Å²) in [7, 11) is 0. The highest BCUT2D eigenvalue weighted by atomic mass is 79.9. The summed E-state index contributed by atoms with van der Waals surface area (Å²) in [5.41, 5.74) is 3.44. The highest BCUT2D eigenvalue weighted by Crippen LogP contribution is 2.13. The van der Waals surface area contributed by atoms with Gasteiger partial charge < -0.3 is 0 Å². The van der Waals surface area contributed by atoms with Crippen LogP contribution in [0.15, 0.2) is 74.5 Å². The molecule has 5 heteroatoms. The van der Waals surface area contributed by atoms with E-state index in [1.807, 2.05) is 48.1 Å². The van der Waals surface area contributed by atoms with E-state index in [-0.39, 0.29) is 0 Å². The maximum absolute atomic E-state index is 4.71. The molecule has 3 nitrogen and oxygen atoms in total. The first-order valence-electron chi connectivity index (χ1n) is 7.74. The number of halogens is 1. The van der Waals surface area contributed by atoms with Gasteiger partial charge in [0.25, 0.3) is 0 Å². The zero-order chi connectivity index (χ0) is 16.8. The summed E-state index contributed by atoms with van der Waals surface area (Å²) in [6, 6.07) is 18.5. The van der Waals surface area contributed by atoms with Crippen LogP contribution in [0.25, 0.3) is 0 Å². The van der Waals surface area contributed by atoms with E-state index < -0.39 is 0 Å². The molecule has 0 fully saturated rings. The Balaban J connectivity index is 1.78. The number of nitrogens with zero attached hydrogens (tertiary/aromatic N) is 3.